The molecule has 4 rings (SSSR count). The van der Waals surface area contributed by atoms with Gasteiger partial charge in [0, 0.05) is 17.1 Å². The van der Waals surface area contributed by atoms with Crippen molar-refractivity contribution in [2.75, 3.05) is 18.2 Å². The maximum atomic E-state index is 13.0. The smallest absolute Gasteiger partial charge is 0.253 e. The van der Waals surface area contributed by atoms with Gasteiger partial charge in [-0.25, -0.2) is 23.1 Å². The van der Waals surface area contributed by atoms with Crippen LogP contribution in [0.3, 0.4) is 0 Å². The van der Waals surface area contributed by atoms with Gasteiger partial charge in [0.15, 0.2) is 0 Å². The van der Waals surface area contributed by atoms with E-state index in [9.17, 15) is 13.2 Å². The molecule has 0 spiro atoms. The number of rotatable bonds is 13. The summed E-state index contributed by atoms with van der Waals surface area (Å²) < 4.78 is 34.9. The number of hydrogen-bond acceptors (Lipinski definition) is 5. The molecule has 0 aliphatic carbocycles. The Labute approximate surface area is 297 Å². The van der Waals surface area contributed by atoms with Crippen molar-refractivity contribution in [2.24, 2.45) is 4.99 Å². The Kier molecular flexibility index (Phi) is 11.8. The van der Waals surface area contributed by atoms with Gasteiger partial charge in [-0.1, -0.05) is 100 Å². The fourth-order valence-electron chi connectivity index (χ4n) is 4.88. The highest BCUT2D eigenvalue weighted by Gasteiger charge is 2.31. The molecule has 47 heavy (non-hydrogen) atoms. The number of anilines is 1. The minimum Gasteiger partial charge on any atom is -0.493 e. The van der Waals surface area contributed by atoms with E-state index in [1.54, 1.807) is 0 Å². The van der Waals surface area contributed by atoms with Gasteiger partial charge >= 0.3 is 0 Å². The molecule has 0 bridgehead atoms. The molecule has 2 N–H and O–H groups in total. The van der Waals surface area contributed by atoms with Crippen LogP contribution in [0, 0.1) is 0 Å². The Morgan fingerprint density at radius 2 is 1.57 bits per heavy atom. The average molecular weight is 743 g/mol. The zero-order valence-electron chi connectivity index (χ0n) is 27.3. The van der Waals surface area contributed by atoms with Crippen LogP contribution in [0.2, 0.25) is 20.1 Å². The van der Waals surface area contributed by atoms with E-state index in [0.29, 0.717) is 18.1 Å². The summed E-state index contributed by atoms with van der Waals surface area (Å²) in [6, 6.07) is 13.6. The molecule has 8 nitrogen and oxygen atoms in total. The number of amidine groups is 1. The third-order valence-electron chi connectivity index (χ3n) is 8.63. The van der Waals surface area contributed by atoms with Gasteiger partial charge in [0.2, 0.25) is 10.0 Å². The molecule has 13 heteroatoms. The summed E-state index contributed by atoms with van der Waals surface area (Å²) in [4.78, 5) is 17.1. The number of hydrazine groups is 1. The number of sulfonamides is 1. The van der Waals surface area contributed by atoms with E-state index >= 15 is 0 Å². The van der Waals surface area contributed by atoms with Crippen molar-refractivity contribution in [3.63, 3.8) is 0 Å². The lowest BCUT2D eigenvalue weighted by Crippen LogP contribution is -2.36. The number of halogens is 4. The molecule has 1 saturated heterocycles. The molecule has 0 aromatic heterocycles. The van der Waals surface area contributed by atoms with E-state index in [1.165, 1.54) is 40.9 Å². The minimum absolute atomic E-state index is 0.00899. The van der Waals surface area contributed by atoms with E-state index in [4.69, 9.17) is 51.1 Å². The summed E-state index contributed by atoms with van der Waals surface area (Å²) in [5, 5.41) is 1.99. The van der Waals surface area contributed by atoms with E-state index in [-0.39, 0.29) is 66.9 Å². The van der Waals surface area contributed by atoms with Crippen molar-refractivity contribution >= 4 is 79.5 Å². The van der Waals surface area contributed by atoms with Crippen LogP contribution < -0.4 is 19.9 Å². The molecule has 0 saturated carbocycles. The van der Waals surface area contributed by atoms with Crippen molar-refractivity contribution in [2.45, 2.75) is 83.0 Å². The SMILES string of the molecule is CCC(C)(C)c1ccc(OCCCNS(=O)(=O)c2ccc(N=C3CC(=O)N(c4c(Cl)cc(Cl)cc4Cl)N3)c(Cl)c2)c(C(C)(C)CC)c1. The van der Waals surface area contributed by atoms with Crippen molar-refractivity contribution in [3.8, 4) is 5.75 Å². The van der Waals surface area contributed by atoms with Crippen molar-refractivity contribution in [3.05, 3.63) is 79.7 Å². The fourth-order valence-corrected chi connectivity index (χ4v) is 7.26. The van der Waals surface area contributed by atoms with Crippen LogP contribution in [0.15, 0.2) is 58.4 Å². The molecule has 1 aliphatic heterocycles. The van der Waals surface area contributed by atoms with Gasteiger partial charge in [-0.3, -0.25) is 10.2 Å². The van der Waals surface area contributed by atoms with Crippen molar-refractivity contribution < 1.29 is 17.9 Å². The Bertz CT molecular complexity index is 1770. The topological polar surface area (TPSA) is 100 Å². The second kappa shape index (κ2) is 14.9. The Morgan fingerprint density at radius 3 is 2.19 bits per heavy atom. The van der Waals surface area contributed by atoms with Gasteiger partial charge in [0.25, 0.3) is 5.91 Å². The first-order valence-corrected chi connectivity index (χ1v) is 18.4. The quantitative estimate of drug-likeness (QED) is 0.170. The molecule has 254 valence electrons. The first-order valence-electron chi connectivity index (χ1n) is 15.4. The third kappa shape index (κ3) is 8.74. The van der Waals surface area contributed by atoms with Crippen LogP contribution in [0.5, 0.6) is 5.75 Å². The highest BCUT2D eigenvalue weighted by Crippen LogP contribution is 2.39. The van der Waals surface area contributed by atoms with Gasteiger partial charge < -0.3 is 4.74 Å². The Balaban J connectivity index is 1.38. The number of carbonyl (C=O) groups excluding carboxylic acids is 1. The van der Waals surface area contributed by atoms with E-state index < -0.39 is 10.0 Å². The predicted molar refractivity (Wildman–Crippen MR) is 194 cm³/mol. The maximum Gasteiger partial charge on any atom is 0.253 e. The van der Waals surface area contributed by atoms with Crippen LogP contribution in [0.1, 0.15) is 78.4 Å². The van der Waals surface area contributed by atoms with Gasteiger partial charge in [0.1, 0.15) is 17.3 Å². The molecule has 1 aliphatic rings. The minimum atomic E-state index is -3.86. The third-order valence-corrected chi connectivity index (χ3v) is 11.2. The highest BCUT2D eigenvalue weighted by molar-refractivity contribution is 7.89. The number of nitrogens with one attached hydrogen (secondary N) is 2. The Morgan fingerprint density at radius 1 is 0.915 bits per heavy atom. The molecular formula is C34H40Cl4N4O4S. The summed E-state index contributed by atoms with van der Waals surface area (Å²) in [6.45, 7) is 13.8. The van der Waals surface area contributed by atoms with Gasteiger partial charge in [-0.2, -0.15) is 0 Å². The number of carbonyl (C=O) groups is 1. The molecule has 1 amide bonds. The summed E-state index contributed by atoms with van der Waals surface area (Å²) >= 11 is 25.0. The van der Waals surface area contributed by atoms with Crippen molar-refractivity contribution in [1.29, 1.82) is 0 Å². The van der Waals surface area contributed by atoms with Gasteiger partial charge in [-0.05, 0) is 72.1 Å². The lowest BCUT2D eigenvalue weighted by molar-refractivity contribution is -0.116. The van der Waals surface area contributed by atoms with E-state index in [2.05, 4.69) is 68.8 Å². The molecule has 1 heterocycles. The average Bonchev–Trinajstić information content (AvgIpc) is 3.36. The maximum absolute atomic E-state index is 13.0. The number of ether oxygens (including phenoxy) is 1. The highest BCUT2D eigenvalue weighted by atomic mass is 35.5. The lowest BCUT2D eigenvalue weighted by atomic mass is 9.76. The number of benzene rings is 3. The molecular weight excluding hydrogens is 702 g/mol. The lowest BCUT2D eigenvalue weighted by Gasteiger charge is -2.30. The van der Waals surface area contributed by atoms with Crippen LogP contribution in [0.4, 0.5) is 11.4 Å². The van der Waals surface area contributed by atoms with Gasteiger partial charge in [0.05, 0.1) is 38.7 Å². The molecule has 0 atom stereocenters. The fraction of sp³-hybridized carbons (Fsp3) is 0.412. The Hall–Kier alpha value is -2.53. The first-order chi connectivity index (χ1) is 22.0. The second-order valence-electron chi connectivity index (χ2n) is 12.7. The van der Waals surface area contributed by atoms with Gasteiger partial charge in [-0.15, -0.1) is 0 Å². The monoisotopic (exact) mass is 740 g/mol. The number of amides is 1. The standard InChI is InChI=1S/C34H40Cl4N4O4S/c1-7-33(3,4)21-10-13-29(24(16-21)34(5,6)8-2)46-15-9-14-39-47(44,45)23-11-12-28(25(36)19-23)40-30-20-31(43)42(41-30)32-26(37)17-22(35)18-27(32)38/h10-13,16-19,39H,7-9,14-15,20H2,1-6H3,(H,40,41). The zero-order chi connectivity index (χ0) is 34.7. The normalized spacial score (nSPS) is 15.0. The van der Waals surface area contributed by atoms with E-state index in [0.717, 1.165) is 24.2 Å². The number of hydrogen-bond donors (Lipinski definition) is 2. The van der Waals surface area contributed by atoms with Crippen LogP contribution >= 0.6 is 46.4 Å². The molecule has 3 aromatic carbocycles. The summed E-state index contributed by atoms with van der Waals surface area (Å²) in [7, 11) is -3.86. The molecule has 1 fully saturated rings. The summed E-state index contributed by atoms with van der Waals surface area (Å²) in [6.07, 6.45) is 2.36. The van der Waals surface area contributed by atoms with Crippen LogP contribution in [-0.2, 0) is 25.6 Å². The molecule has 0 radical (unpaired) electrons. The largest absolute Gasteiger partial charge is 0.493 e. The summed E-state index contributed by atoms with van der Waals surface area (Å²) in [5.41, 5.74) is 5.81. The van der Waals surface area contributed by atoms with Crippen LogP contribution in [0.25, 0.3) is 0 Å². The van der Waals surface area contributed by atoms with E-state index in [1.807, 2.05) is 6.07 Å². The van der Waals surface area contributed by atoms with Crippen molar-refractivity contribution in [1.82, 2.24) is 10.1 Å². The van der Waals surface area contributed by atoms with Crippen LogP contribution in [-0.4, -0.2) is 33.3 Å². The summed E-state index contributed by atoms with van der Waals surface area (Å²) in [5.74, 6) is 0.753. The number of nitrogens with zero attached hydrogens (tertiary/aromatic N) is 2. The predicted octanol–water partition coefficient (Wildman–Crippen LogP) is 9.39. The number of aliphatic imine (C=N–C) groups is 1. The molecule has 3 aromatic rings. The molecule has 0 unspecified atom stereocenters. The zero-order valence-corrected chi connectivity index (χ0v) is 31.1. The first kappa shape index (κ1) is 37.3. The second-order valence-corrected chi connectivity index (χ2v) is 16.1.